The van der Waals surface area contributed by atoms with Crippen molar-refractivity contribution in [2.45, 2.75) is 39.0 Å². The van der Waals surface area contributed by atoms with E-state index in [1.807, 2.05) is 44.2 Å². The Balaban J connectivity index is 1.90. The van der Waals surface area contributed by atoms with Gasteiger partial charge in [0.05, 0.1) is 25.4 Å². The second kappa shape index (κ2) is 9.06. The number of aliphatic hydroxyl groups is 1. The van der Waals surface area contributed by atoms with Crippen LogP contribution in [0.3, 0.4) is 0 Å². The van der Waals surface area contributed by atoms with Gasteiger partial charge < -0.3 is 19.7 Å². The molecule has 9 heteroatoms. The highest BCUT2D eigenvalue weighted by atomic mass is 16.5. The van der Waals surface area contributed by atoms with Crippen LogP contribution in [0.25, 0.3) is 11.2 Å². The largest absolute Gasteiger partial charge is 0.389 e. The Labute approximate surface area is 168 Å². The summed E-state index contributed by atoms with van der Waals surface area (Å²) in [4.78, 5) is 31.1. The summed E-state index contributed by atoms with van der Waals surface area (Å²) in [6.45, 7) is 4.59. The zero-order valence-corrected chi connectivity index (χ0v) is 16.9. The lowest BCUT2D eigenvalue weighted by atomic mass is 10.1. The summed E-state index contributed by atoms with van der Waals surface area (Å²) in [6, 6.07) is 9.98. The van der Waals surface area contributed by atoms with E-state index < -0.39 is 17.4 Å². The standard InChI is InChI=1S/C20H27N5O4/c1-13(2)29-12-15(26)11-25-16-17(24(3)20(28)23-18(16)27)22-19(25)21-10-9-14-7-5-4-6-8-14/h4-8,13,15,26H,9-12H2,1-3H3,(H,21,22)(H,23,27,28)/t15-/m1/s1. The number of aromatic amines is 1. The molecule has 9 nitrogen and oxygen atoms in total. The van der Waals surface area contributed by atoms with E-state index in [-0.39, 0.29) is 30.4 Å². The van der Waals surface area contributed by atoms with Crippen LogP contribution in [0.2, 0.25) is 0 Å². The number of nitrogens with one attached hydrogen (secondary N) is 2. The minimum atomic E-state index is -0.832. The first kappa shape index (κ1) is 20.8. The van der Waals surface area contributed by atoms with Crippen LogP contribution in [-0.2, 0) is 24.8 Å². The van der Waals surface area contributed by atoms with Gasteiger partial charge in [0, 0.05) is 13.6 Å². The lowest BCUT2D eigenvalue weighted by Crippen LogP contribution is -2.31. The SMILES string of the molecule is CC(C)OC[C@H](O)Cn1c(NCCc2ccccc2)nc2c1c(=O)[nH]c(=O)n2C. The smallest absolute Gasteiger partial charge is 0.329 e. The van der Waals surface area contributed by atoms with Crippen molar-refractivity contribution in [3.8, 4) is 0 Å². The van der Waals surface area contributed by atoms with Crippen molar-refractivity contribution in [1.82, 2.24) is 19.1 Å². The van der Waals surface area contributed by atoms with Crippen LogP contribution in [0, 0.1) is 0 Å². The molecule has 1 atom stereocenters. The van der Waals surface area contributed by atoms with Crippen molar-refractivity contribution in [3.63, 3.8) is 0 Å². The Bertz CT molecular complexity index is 1070. The molecule has 0 amide bonds. The van der Waals surface area contributed by atoms with Crippen LogP contribution < -0.4 is 16.6 Å². The predicted molar refractivity (Wildman–Crippen MR) is 111 cm³/mol. The third kappa shape index (κ3) is 4.93. The number of rotatable bonds is 9. The summed E-state index contributed by atoms with van der Waals surface area (Å²) < 4.78 is 8.36. The number of anilines is 1. The summed E-state index contributed by atoms with van der Waals surface area (Å²) in [7, 11) is 1.55. The van der Waals surface area contributed by atoms with E-state index >= 15 is 0 Å². The maximum atomic E-state index is 12.5. The van der Waals surface area contributed by atoms with Crippen molar-refractivity contribution < 1.29 is 9.84 Å². The minimum Gasteiger partial charge on any atom is -0.389 e. The van der Waals surface area contributed by atoms with E-state index in [0.29, 0.717) is 12.5 Å². The van der Waals surface area contributed by atoms with E-state index in [0.717, 1.165) is 6.42 Å². The molecule has 1 aromatic carbocycles. The third-order valence-electron chi connectivity index (χ3n) is 4.56. The van der Waals surface area contributed by atoms with Crippen molar-refractivity contribution in [3.05, 3.63) is 56.7 Å². The number of ether oxygens (including phenoxy) is 1. The number of hydrogen-bond donors (Lipinski definition) is 3. The summed E-state index contributed by atoms with van der Waals surface area (Å²) in [5, 5.41) is 13.6. The Morgan fingerprint density at radius 2 is 1.97 bits per heavy atom. The zero-order chi connectivity index (χ0) is 21.0. The number of imidazole rings is 1. The molecule has 0 spiro atoms. The first-order valence-corrected chi connectivity index (χ1v) is 9.63. The van der Waals surface area contributed by atoms with Gasteiger partial charge in [-0.1, -0.05) is 30.3 Å². The van der Waals surface area contributed by atoms with Crippen LogP contribution in [0.4, 0.5) is 5.95 Å². The number of nitrogens with zero attached hydrogens (tertiary/aromatic N) is 3. The Morgan fingerprint density at radius 3 is 2.66 bits per heavy atom. The van der Waals surface area contributed by atoms with Gasteiger partial charge in [-0.25, -0.2) is 4.79 Å². The molecule has 2 heterocycles. The zero-order valence-electron chi connectivity index (χ0n) is 16.9. The van der Waals surface area contributed by atoms with E-state index in [1.165, 1.54) is 10.1 Å². The summed E-state index contributed by atoms with van der Waals surface area (Å²) in [6.07, 6.45) is -0.0868. The Morgan fingerprint density at radius 1 is 1.24 bits per heavy atom. The second-order valence-corrected chi connectivity index (χ2v) is 7.23. The maximum Gasteiger partial charge on any atom is 0.329 e. The normalized spacial score (nSPS) is 12.6. The second-order valence-electron chi connectivity index (χ2n) is 7.23. The monoisotopic (exact) mass is 401 g/mol. The average Bonchev–Trinajstić information content (AvgIpc) is 3.04. The van der Waals surface area contributed by atoms with Crippen LogP contribution in [0.1, 0.15) is 19.4 Å². The Hall–Kier alpha value is -2.91. The maximum absolute atomic E-state index is 12.5. The Kier molecular flexibility index (Phi) is 6.50. The van der Waals surface area contributed by atoms with Gasteiger partial charge in [0.2, 0.25) is 5.95 Å². The molecule has 0 saturated carbocycles. The van der Waals surface area contributed by atoms with E-state index in [9.17, 15) is 14.7 Å². The lowest BCUT2D eigenvalue weighted by molar-refractivity contribution is -0.000106. The van der Waals surface area contributed by atoms with Crippen molar-refractivity contribution in [2.24, 2.45) is 7.05 Å². The molecule has 0 unspecified atom stereocenters. The number of aliphatic hydroxyl groups excluding tert-OH is 1. The van der Waals surface area contributed by atoms with Crippen molar-refractivity contribution >= 4 is 17.1 Å². The molecule has 3 rings (SSSR count). The molecule has 0 aliphatic carbocycles. The number of hydrogen-bond acceptors (Lipinski definition) is 6. The van der Waals surface area contributed by atoms with E-state index in [1.54, 1.807) is 11.6 Å². The van der Waals surface area contributed by atoms with Gasteiger partial charge in [-0.15, -0.1) is 0 Å². The third-order valence-corrected chi connectivity index (χ3v) is 4.56. The molecule has 156 valence electrons. The van der Waals surface area contributed by atoms with E-state index in [4.69, 9.17) is 4.74 Å². The van der Waals surface area contributed by atoms with Gasteiger partial charge in [-0.2, -0.15) is 4.98 Å². The van der Waals surface area contributed by atoms with Gasteiger partial charge in [-0.3, -0.25) is 14.3 Å². The van der Waals surface area contributed by atoms with Gasteiger partial charge in [-0.05, 0) is 25.8 Å². The molecule has 0 saturated heterocycles. The molecule has 0 bridgehead atoms. The molecule has 3 aromatic rings. The highest BCUT2D eigenvalue weighted by Crippen LogP contribution is 2.16. The summed E-state index contributed by atoms with van der Waals surface area (Å²) in [5.41, 5.74) is 0.587. The first-order valence-electron chi connectivity index (χ1n) is 9.63. The predicted octanol–water partition coefficient (Wildman–Crippen LogP) is 0.864. The van der Waals surface area contributed by atoms with Gasteiger partial charge >= 0.3 is 5.69 Å². The molecule has 29 heavy (non-hydrogen) atoms. The fraction of sp³-hybridized carbons (Fsp3) is 0.450. The van der Waals surface area contributed by atoms with Gasteiger partial charge in [0.1, 0.15) is 0 Å². The topological polar surface area (TPSA) is 114 Å². The molecule has 0 fully saturated rings. The lowest BCUT2D eigenvalue weighted by Gasteiger charge is -2.16. The first-order chi connectivity index (χ1) is 13.9. The fourth-order valence-corrected chi connectivity index (χ4v) is 3.08. The number of aryl methyl sites for hydroxylation is 1. The summed E-state index contributed by atoms with van der Waals surface area (Å²) >= 11 is 0. The fourth-order valence-electron chi connectivity index (χ4n) is 3.08. The molecule has 0 aliphatic rings. The number of H-pyrrole nitrogens is 1. The molecule has 0 aliphatic heterocycles. The molecule has 2 aromatic heterocycles. The van der Waals surface area contributed by atoms with Gasteiger partial charge in [0.25, 0.3) is 5.56 Å². The highest BCUT2D eigenvalue weighted by molar-refractivity contribution is 5.74. The molecule has 3 N–H and O–H groups in total. The van der Waals surface area contributed by atoms with Gasteiger partial charge in [0.15, 0.2) is 11.2 Å². The van der Waals surface area contributed by atoms with Crippen molar-refractivity contribution in [1.29, 1.82) is 0 Å². The number of fused-ring (bicyclic) bond motifs is 1. The minimum absolute atomic E-state index is 0.0168. The number of aromatic nitrogens is 4. The molecular formula is C20H27N5O4. The van der Waals surface area contributed by atoms with Crippen molar-refractivity contribution in [2.75, 3.05) is 18.5 Å². The molecular weight excluding hydrogens is 374 g/mol. The van der Waals surface area contributed by atoms with Crippen LogP contribution in [0.15, 0.2) is 39.9 Å². The highest BCUT2D eigenvalue weighted by Gasteiger charge is 2.19. The van der Waals surface area contributed by atoms with E-state index in [2.05, 4.69) is 15.3 Å². The quantitative estimate of drug-likeness (QED) is 0.490. The van der Waals surface area contributed by atoms with Crippen LogP contribution in [-0.4, -0.2) is 49.6 Å². The van der Waals surface area contributed by atoms with Crippen LogP contribution >= 0.6 is 0 Å². The summed E-state index contributed by atoms with van der Waals surface area (Å²) in [5.74, 6) is 0.422. The number of benzene rings is 1. The average molecular weight is 401 g/mol. The molecule has 0 radical (unpaired) electrons. The van der Waals surface area contributed by atoms with Crippen LogP contribution in [0.5, 0.6) is 0 Å².